The topological polar surface area (TPSA) is 67.9 Å². The van der Waals surface area contributed by atoms with Gasteiger partial charge in [-0.05, 0) is 37.1 Å². The molecule has 0 atom stereocenters. The first-order valence-electron chi connectivity index (χ1n) is 8.56. The highest BCUT2D eigenvalue weighted by atomic mass is 16.5. The van der Waals surface area contributed by atoms with Crippen LogP contribution in [0.3, 0.4) is 0 Å². The fourth-order valence-corrected chi connectivity index (χ4v) is 3.12. The van der Waals surface area contributed by atoms with E-state index >= 15 is 0 Å². The highest BCUT2D eigenvalue weighted by Gasteiger charge is 2.23. The third-order valence-corrected chi connectivity index (χ3v) is 4.45. The average Bonchev–Trinajstić information content (AvgIpc) is 3.21. The quantitative estimate of drug-likeness (QED) is 0.895. The van der Waals surface area contributed by atoms with Gasteiger partial charge in [-0.25, -0.2) is 0 Å². The number of ether oxygens (including phenoxy) is 2. The number of nitrogens with one attached hydrogen (secondary N) is 1. The number of methoxy groups -OCH3 is 2. The molecule has 0 saturated carbocycles. The molecule has 1 saturated heterocycles. The number of carbonyl (C=O) groups excluding carboxylic acids is 2. The van der Waals surface area contributed by atoms with Crippen molar-refractivity contribution in [3.05, 3.63) is 53.6 Å². The summed E-state index contributed by atoms with van der Waals surface area (Å²) in [6.45, 7) is 1.51. The number of hydrogen-bond donors (Lipinski definition) is 1. The summed E-state index contributed by atoms with van der Waals surface area (Å²) in [6, 6.07) is 12.1. The van der Waals surface area contributed by atoms with E-state index in [0.717, 1.165) is 25.9 Å². The summed E-state index contributed by atoms with van der Waals surface area (Å²) in [7, 11) is 3.00. The summed E-state index contributed by atoms with van der Waals surface area (Å²) in [6.07, 6.45) is 2.03. The van der Waals surface area contributed by atoms with Crippen molar-refractivity contribution in [1.82, 2.24) is 4.90 Å². The van der Waals surface area contributed by atoms with Crippen LogP contribution in [0.1, 0.15) is 33.6 Å². The average molecular weight is 354 g/mol. The van der Waals surface area contributed by atoms with E-state index in [4.69, 9.17) is 9.47 Å². The maximum atomic E-state index is 12.8. The number of rotatable bonds is 5. The fourth-order valence-electron chi connectivity index (χ4n) is 3.12. The van der Waals surface area contributed by atoms with Gasteiger partial charge in [-0.2, -0.15) is 0 Å². The maximum absolute atomic E-state index is 12.8. The van der Waals surface area contributed by atoms with Crippen LogP contribution in [0.2, 0.25) is 0 Å². The Balaban J connectivity index is 1.88. The van der Waals surface area contributed by atoms with Gasteiger partial charge >= 0.3 is 0 Å². The number of amides is 2. The van der Waals surface area contributed by atoms with Gasteiger partial charge in [0.1, 0.15) is 0 Å². The first kappa shape index (κ1) is 17.8. The van der Waals surface area contributed by atoms with Crippen LogP contribution in [-0.4, -0.2) is 44.0 Å². The molecule has 1 aliphatic rings. The van der Waals surface area contributed by atoms with E-state index in [2.05, 4.69) is 5.32 Å². The number of para-hydroxylation sites is 2. The normalized spacial score (nSPS) is 13.4. The number of benzene rings is 2. The van der Waals surface area contributed by atoms with Crippen molar-refractivity contribution < 1.29 is 19.1 Å². The summed E-state index contributed by atoms with van der Waals surface area (Å²) in [5.74, 6) is 0.413. The van der Waals surface area contributed by atoms with Gasteiger partial charge in [-0.3, -0.25) is 9.59 Å². The second-order valence-electron chi connectivity index (χ2n) is 6.04. The van der Waals surface area contributed by atoms with Gasteiger partial charge in [-0.1, -0.05) is 18.2 Å². The monoisotopic (exact) mass is 354 g/mol. The number of likely N-dealkylation sites (tertiary alicyclic amines) is 1. The third-order valence-electron chi connectivity index (χ3n) is 4.45. The van der Waals surface area contributed by atoms with Gasteiger partial charge in [0.15, 0.2) is 11.5 Å². The molecule has 0 aliphatic carbocycles. The van der Waals surface area contributed by atoms with Crippen LogP contribution in [0.5, 0.6) is 11.5 Å². The Hall–Kier alpha value is -3.02. The van der Waals surface area contributed by atoms with E-state index in [-0.39, 0.29) is 11.8 Å². The number of carbonyl (C=O) groups is 2. The van der Waals surface area contributed by atoms with E-state index in [1.807, 2.05) is 4.90 Å². The Morgan fingerprint density at radius 1 is 0.923 bits per heavy atom. The van der Waals surface area contributed by atoms with Gasteiger partial charge in [-0.15, -0.1) is 0 Å². The molecule has 1 fully saturated rings. The predicted molar refractivity (Wildman–Crippen MR) is 99.1 cm³/mol. The summed E-state index contributed by atoms with van der Waals surface area (Å²) in [5, 5.41) is 2.84. The Bertz CT molecular complexity index is 813. The molecule has 1 aliphatic heterocycles. The zero-order valence-corrected chi connectivity index (χ0v) is 15.0. The molecule has 1 N–H and O–H groups in total. The van der Waals surface area contributed by atoms with Gasteiger partial charge in [0.25, 0.3) is 11.8 Å². The van der Waals surface area contributed by atoms with E-state index in [9.17, 15) is 9.59 Å². The lowest BCUT2D eigenvalue weighted by molar-refractivity contribution is 0.0794. The van der Waals surface area contributed by atoms with Crippen LogP contribution >= 0.6 is 0 Å². The molecule has 2 amide bonds. The highest BCUT2D eigenvalue weighted by Crippen LogP contribution is 2.31. The van der Waals surface area contributed by atoms with Crippen molar-refractivity contribution >= 4 is 17.5 Å². The summed E-state index contributed by atoms with van der Waals surface area (Å²) < 4.78 is 10.6. The van der Waals surface area contributed by atoms with Gasteiger partial charge in [0.05, 0.1) is 31.0 Å². The zero-order valence-electron chi connectivity index (χ0n) is 15.0. The first-order valence-corrected chi connectivity index (χ1v) is 8.56. The van der Waals surface area contributed by atoms with Crippen molar-refractivity contribution in [2.24, 2.45) is 0 Å². The molecule has 0 aromatic heterocycles. The summed E-state index contributed by atoms with van der Waals surface area (Å²) >= 11 is 0. The molecule has 0 unspecified atom stereocenters. The Labute approximate surface area is 152 Å². The molecule has 2 aromatic rings. The molecule has 6 heteroatoms. The van der Waals surface area contributed by atoms with Crippen molar-refractivity contribution in [2.75, 3.05) is 32.6 Å². The van der Waals surface area contributed by atoms with Crippen molar-refractivity contribution in [3.63, 3.8) is 0 Å². The lowest BCUT2D eigenvalue weighted by atomic mass is 10.1. The molecule has 136 valence electrons. The first-order chi connectivity index (χ1) is 12.7. The number of hydrogen-bond acceptors (Lipinski definition) is 4. The molecule has 3 rings (SSSR count). The molecule has 0 radical (unpaired) electrons. The molecular weight excluding hydrogens is 332 g/mol. The van der Waals surface area contributed by atoms with Crippen LogP contribution in [-0.2, 0) is 0 Å². The lowest BCUT2D eigenvalue weighted by Crippen LogP contribution is -2.28. The van der Waals surface area contributed by atoms with Crippen LogP contribution in [0.4, 0.5) is 5.69 Å². The van der Waals surface area contributed by atoms with Crippen LogP contribution in [0.25, 0.3) is 0 Å². The minimum atomic E-state index is -0.359. The standard InChI is InChI=1S/C20H22N2O4/c1-25-17-11-7-9-15(18(17)26-2)19(23)21-16-10-4-3-8-14(16)20(24)22-12-5-6-13-22/h3-4,7-11H,5-6,12-13H2,1-2H3,(H,21,23). The molecule has 26 heavy (non-hydrogen) atoms. The molecule has 0 bridgehead atoms. The largest absolute Gasteiger partial charge is 0.493 e. The minimum Gasteiger partial charge on any atom is -0.493 e. The van der Waals surface area contributed by atoms with Gasteiger partial charge in [0.2, 0.25) is 0 Å². The molecular formula is C20H22N2O4. The van der Waals surface area contributed by atoms with Crippen molar-refractivity contribution in [2.45, 2.75) is 12.8 Å². The summed E-state index contributed by atoms with van der Waals surface area (Å²) in [5.41, 5.74) is 1.32. The molecule has 6 nitrogen and oxygen atoms in total. The van der Waals surface area contributed by atoms with Crippen molar-refractivity contribution in [3.8, 4) is 11.5 Å². The van der Waals surface area contributed by atoms with Gasteiger partial charge in [0, 0.05) is 13.1 Å². The Morgan fingerprint density at radius 3 is 2.31 bits per heavy atom. The van der Waals surface area contributed by atoms with Crippen LogP contribution < -0.4 is 14.8 Å². The fraction of sp³-hybridized carbons (Fsp3) is 0.300. The zero-order chi connectivity index (χ0) is 18.5. The van der Waals surface area contributed by atoms with E-state index in [0.29, 0.717) is 28.3 Å². The van der Waals surface area contributed by atoms with Crippen LogP contribution in [0.15, 0.2) is 42.5 Å². The van der Waals surface area contributed by atoms with Crippen molar-refractivity contribution in [1.29, 1.82) is 0 Å². The minimum absolute atomic E-state index is 0.0593. The smallest absolute Gasteiger partial charge is 0.259 e. The Kier molecular flexibility index (Phi) is 5.41. The second kappa shape index (κ2) is 7.91. The second-order valence-corrected chi connectivity index (χ2v) is 6.04. The van der Waals surface area contributed by atoms with Crippen LogP contribution in [0, 0.1) is 0 Å². The number of anilines is 1. The lowest BCUT2D eigenvalue weighted by Gasteiger charge is -2.18. The third kappa shape index (κ3) is 3.49. The van der Waals surface area contributed by atoms with E-state index in [1.165, 1.54) is 14.2 Å². The SMILES string of the molecule is COc1cccc(C(=O)Nc2ccccc2C(=O)N2CCCC2)c1OC. The Morgan fingerprint density at radius 2 is 1.62 bits per heavy atom. The maximum Gasteiger partial charge on any atom is 0.259 e. The molecule has 0 spiro atoms. The highest BCUT2D eigenvalue weighted by molar-refractivity contribution is 6.10. The molecule has 1 heterocycles. The van der Waals surface area contributed by atoms with E-state index < -0.39 is 0 Å². The summed E-state index contributed by atoms with van der Waals surface area (Å²) in [4.78, 5) is 27.3. The molecule has 2 aromatic carbocycles. The van der Waals surface area contributed by atoms with Gasteiger partial charge < -0.3 is 19.7 Å². The number of nitrogens with zero attached hydrogens (tertiary/aromatic N) is 1. The predicted octanol–water partition coefficient (Wildman–Crippen LogP) is 3.19. The van der Waals surface area contributed by atoms with E-state index in [1.54, 1.807) is 42.5 Å².